The Labute approximate surface area is 169 Å². The largest absolute Gasteiger partial charge is 0.466 e. The maximum atomic E-state index is 10.8. The maximum Gasteiger partial charge on any atom is 0.308 e. The van der Waals surface area contributed by atoms with Crippen LogP contribution in [0.2, 0.25) is 0 Å². The van der Waals surface area contributed by atoms with Crippen molar-refractivity contribution in [3.63, 3.8) is 0 Å². The molecule has 0 aromatic heterocycles. The summed E-state index contributed by atoms with van der Waals surface area (Å²) in [6.07, 6.45) is 0.338. The third kappa shape index (κ3) is 15.0. The van der Waals surface area contributed by atoms with Crippen LogP contribution in [0.25, 0.3) is 0 Å². The van der Waals surface area contributed by atoms with Gasteiger partial charge in [-0.05, 0) is 52.0 Å². The summed E-state index contributed by atoms with van der Waals surface area (Å²) < 4.78 is 10.1. The molecule has 0 heterocycles. The fraction of sp³-hybridized carbons (Fsp3) is 0.435. The molecule has 0 bridgehead atoms. The second-order valence-electron chi connectivity index (χ2n) is 6.24. The van der Waals surface area contributed by atoms with E-state index in [9.17, 15) is 4.79 Å². The van der Waals surface area contributed by atoms with Gasteiger partial charge in [0, 0.05) is 9.79 Å². The Morgan fingerprint density at radius 1 is 0.889 bits per heavy atom. The van der Waals surface area contributed by atoms with Crippen molar-refractivity contribution in [3.8, 4) is 0 Å². The molecule has 150 valence electrons. The van der Waals surface area contributed by atoms with Crippen LogP contribution in [0.3, 0.4) is 0 Å². The van der Waals surface area contributed by atoms with E-state index in [1.165, 1.54) is 9.79 Å². The fourth-order valence-corrected chi connectivity index (χ4v) is 2.65. The monoisotopic (exact) mass is 390 g/mol. The molecule has 0 atom stereocenters. The lowest BCUT2D eigenvalue weighted by Gasteiger charge is -2.18. The van der Waals surface area contributed by atoms with Gasteiger partial charge in [0.1, 0.15) is 0 Å². The van der Waals surface area contributed by atoms with Gasteiger partial charge in [0.25, 0.3) is 0 Å². The van der Waals surface area contributed by atoms with Gasteiger partial charge < -0.3 is 9.47 Å². The van der Waals surface area contributed by atoms with Gasteiger partial charge in [0.05, 0.1) is 25.2 Å². The van der Waals surface area contributed by atoms with E-state index < -0.39 is 0 Å². The molecule has 2 aromatic rings. The van der Waals surface area contributed by atoms with Gasteiger partial charge in [-0.25, -0.2) is 0 Å². The molecule has 0 aliphatic carbocycles. The number of ether oxygens (including phenoxy) is 2. The average Bonchev–Trinajstić information content (AvgIpc) is 2.65. The molecule has 0 amide bonds. The summed E-state index contributed by atoms with van der Waals surface area (Å²) in [5.74, 6) is -0.193. The molecule has 0 aliphatic rings. The standard InChI is InChI=1S/C12H10S.C9H18O3.C2H6/c1-3-7-11(8-4-1)13-12-9-5-2-6-10-12;1-5-11-8(10)6-7-12-9(2,3)4;1-2/h1-10H;5-7H2,1-4H3;1-2H3. The summed E-state index contributed by atoms with van der Waals surface area (Å²) in [7, 11) is 0. The van der Waals surface area contributed by atoms with Gasteiger partial charge in [-0.1, -0.05) is 62.0 Å². The third-order valence-electron chi connectivity index (χ3n) is 2.87. The highest BCUT2D eigenvalue weighted by Gasteiger charge is 2.11. The summed E-state index contributed by atoms with van der Waals surface area (Å²) >= 11 is 1.79. The second kappa shape index (κ2) is 15.3. The summed E-state index contributed by atoms with van der Waals surface area (Å²) in [6, 6.07) is 20.8. The van der Waals surface area contributed by atoms with E-state index in [0.717, 1.165) is 0 Å². The van der Waals surface area contributed by atoms with Crippen molar-refractivity contribution in [2.75, 3.05) is 13.2 Å². The first-order valence-electron chi connectivity index (χ1n) is 9.48. The van der Waals surface area contributed by atoms with Crippen LogP contribution in [-0.4, -0.2) is 24.8 Å². The molecular formula is C23H34O3S. The molecule has 27 heavy (non-hydrogen) atoms. The van der Waals surface area contributed by atoms with E-state index >= 15 is 0 Å². The number of carbonyl (C=O) groups is 1. The molecule has 0 saturated heterocycles. The zero-order valence-electron chi connectivity index (χ0n) is 17.5. The van der Waals surface area contributed by atoms with Crippen LogP contribution >= 0.6 is 11.8 Å². The van der Waals surface area contributed by atoms with Crippen LogP contribution in [0, 0.1) is 0 Å². The number of carbonyl (C=O) groups excluding carboxylic acids is 1. The Hall–Kier alpha value is -1.78. The first kappa shape index (κ1) is 25.2. The Morgan fingerprint density at radius 3 is 1.70 bits per heavy atom. The van der Waals surface area contributed by atoms with E-state index in [-0.39, 0.29) is 11.6 Å². The van der Waals surface area contributed by atoms with Crippen LogP contribution in [0.1, 0.15) is 48.0 Å². The molecule has 0 radical (unpaired) electrons. The highest BCUT2D eigenvalue weighted by Crippen LogP contribution is 2.26. The van der Waals surface area contributed by atoms with Gasteiger partial charge >= 0.3 is 5.97 Å². The minimum Gasteiger partial charge on any atom is -0.466 e. The number of rotatable bonds is 6. The van der Waals surface area contributed by atoms with Gasteiger partial charge in [-0.15, -0.1) is 0 Å². The molecule has 0 saturated carbocycles. The van der Waals surface area contributed by atoms with Crippen molar-refractivity contribution >= 4 is 17.7 Å². The lowest BCUT2D eigenvalue weighted by Crippen LogP contribution is -2.21. The first-order valence-corrected chi connectivity index (χ1v) is 10.3. The average molecular weight is 391 g/mol. The summed E-state index contributed by atoms with van der Waals surface area (Å²) in [5.41, 5.74) is -0.174. The van der Waals surface area contributed by atoms with Crippen LogP contribution in [0.15, 0.2) is 70.5 Å². The number of esters is 1. The summed E-state index contributed by atoms with van der Waals surface area (Å²) in [6.45, 7) is 12.5. The molecule has 2 aromatic carbocycles. The van der Waals surface area contributed by atoms with Gasteiger partial charge in [0.15, 0.2) is 0 Å². The molecular weight excluding hydrogens is 356 g/mol. The number of hydrogen-bond donors (Lipinski definition) is 0. The smallest absolute Gasteiger partial charge is 0.308 e. The minimum absolute atomic E-state index is 0.174. The van der Waals surface area contributed by atoms with E-state index in [1.54, 1.807) is 18.7 Å². The lowest BCUT2D eigenvalue weighted by atomic mass is 10.2. The fourth-order valence-electron chi connectivity index (χ4n) is 1.79. The maximum absolute atomic E-state index is 10.8. The van der Waals surface area contributed by atoms with E-state index in [2.05, 4.69) is 48.5 Å². The predicted molar refractivity (Wildman–Crippen MR) is 115 cm³/mol. The van der Waals surface area contributed by atoms with Gasteiger partial charge in [-0.3, -0.25) is 4.79 Å². The van der Waals surface area contributed by atoms with Crippen molar-refractivity contribution in [3.05, 3.63) is 60.7 Å². The van der Waals surface area contributed by atoms with Crippen molar-refractivity contribution in [1.29, 1.82) is 0 Å². The Bertz CT molecular complexity index is 555. The topological polar surface area (TPSA) is 35.5 Å². The normalized spacial score (nSPS) is 10.0. The molecule has 0 spiro atoms. The third-order valence-corrected chi connectivity index (χ3v) is 3.88. The quantitative estimate of drug-likeness (QED) is 0.519. The SMILES string of the molecule is CC.CCOC(=O)CCOC(C)(C)C.c1ccc(Sc2ccccc2)cc1. The van der Waals surface area contributed by atoms with Crippen molar-refractivity contribution in [2.24, 2.45) is 0 Å². The van der Waals surface area contributed by atoms with E-state index in [0.29, 0.717) is 19.6 Å². The summed E-state index contributed by atoms with van der Waals surface area (Å²) in [5, 5.41) is 0. The lowest BCUT2D eigenvalue weighted by molar-refractivity contribution is -0.145. The van der Waals surface area contributed by atoms with Gasteiger partial charge in [-0.2, -0.15) is 0 Å². The Morgan fingerprint density at radius 2 is 1.33 bits per heavy atom. The zero-order valence-corrected chi connectivity index (χ0v) is 18.3. The van der Waals surface area contributed by atoms with Crippen molar-refractivity contribution < 1.29 is 14.3 Å². The van der Waals surface area contributed by atoms with Crippen molar-refractivity contribution in [2.45, 2.75) is 63.4 Å². The van der Waals surface area contributed by atoms with Crippen LogP contribution in [-0.2, 0) is 14.3 Å². The van der Waals surface area contributed by atoms with Crippen molar-refractivity contribution in [1.82, 2.24) is 0 Å². The highest BCUT2D eigenvalue weighted by molar-refractivity contribution is 7.99. The highest BCUT2D eigenvalue weighted by atomic mass is 32.2. The Kier molecular flexibility index (Phi) is 14.3. The Balaban J connectivity index is 0.000000461. The molecule has 0 N–H and O–H groups in total. The molecule has 2 rings (SSSR count). The first-order chi connectivity index (χ1) is 12.9. The second-order valence-corrected chi connectivity index (χ2v) is 7.39. The minimum atomic E-state index is -0.193. The number of hydrogen-bond acceptors (Lipinski definition) is 4. The summed E-state index contributed by atoms with van der Waals surface area (Å²) in [4.78, 5) is 13.4. The van der Waals surface area contributed by atoms with Crippen LogP contribution < -0.4 is 0 Å². The zero-order chi connectivity index (χ0) is 20.5. The van der Waals surface area contributed by atoms with Crippen LogP contribution in [0.4, 0.5) is 0 Å². The van der Waals surface area contributed by atoms with Crippen LogP contribution in [0.5, 0.6) is 0 Å². The predicted octanol–water partition coefficient (Wildman–Crippen LogP) is 6.62. The molecule has 0 fully saturated rings. The molecule has 3 nitrogen and oxygen atoms in total. The molecule has 4 heteroatoms. The molecule has 0 unspecified atom stereocenters. The van der Waals surface area contributed by atoms with Gasteiger partial charge in [0.2, 0.25) is 0 Å². The molecule has 0 aliphatic heterocycles. The number of benzene rings is 2. The van der Waals surface area contributed by atoms with E-state index in [1.807, 2.05) is 46.8 Å². The van der Waals surface area contributed by atoms with E-state index in [4.69, 9.17) is 9.47 Å².